The Morgan fingerprint density at radius 1 is 0.694 bits per heavy atom. The number of carbonyl (C=O) groups excluding carboxylic acids is 1. The molecule has 3 atom stereocenters. The maximum atomic E-state index is 12.8. The third-order valence-electron chi connectivity index (χ3n) is 9.25. The van der Waals surface area contributed by atoms with Gasteiger partial charge in [-0.3, -0.25) is 9.36 Å². The summed E-state index contributed by atoms with van der Waals surface area (Å²) < 4.78 is 23.2. The van der Waals surface area contributed by atoms with E-state index in [1.807, 2.05) is 21.1 Å². The number of nitrogens with zero attached hydrogens (tertiary/aromatic N) is 1. The van der Waals surface area contributed by atoms with E-state index >= 15 is 0 Å². The molecule has 0 saturated carbocycles. The first-order chi connectivity index (χ1) is 23.5. The Kier molecular flexibility index (Phi) is 32.6. The van der Waals surface area contributed by atoms with Crippen molar-refractivity contribution in [1.29, 1.82) is 0 Å². The van der Waals surface area contributed by atoms with E-state index in [0.717, 1.165) is 51.4 Å². The highest BCUT2D eigenvalue weighted by atomic mass is 31.2. The predicted molar refractivity (Wildman–Crippen MR) is 205 cm³/mol. The van der Waals surface area contributed by atoms with E-state index in [2.05, 4.69) is 31.3 Å². The first-order valence-corrected chi connectivity index (χ1v) is 22.0. The van der Waals surface area contributed by atoms with E-state index in [4.69, 9.17) is 9.05 Å². The number of hydrogen-bond donors (Lipinski definition) is 2. The summed E-state index contributed by atoms with van der Waals surface area (Å²) in [7, 11) is 1.30. The van der Waals surface area contributed by atoms with Gasteiger partial charge in [-0.15, -0.1) is 0 Å². The molecule has 0 radical (unpaired) electrons. The number of amides is 1. The van der Waals surface area contributed by atoms with Gasteiger partial charge in [0.15, 0.2) is 0 Å². The molecule has 0 bridgehead atoms. The van der Waals surface area contributed by atoms with E-state index in [-0.39, 0.29) is 19.1 Å². The maximum Gasteiger partial charge on any atom is 0.268 e. The molecule has 0 aliphatic heterocycles. The van der Waals surface area contributed by atoms with Gasteiger partial charge in [0.2, 0.25) is 5.91 Å². The number of unbranched alkanes of at least 4 members (excludes halogenated alkanes) is 22. The quantitative estimate of drug-likeness (QED) is 0.0287. The van der Waals surface area contributed by atoms with Gasteiger partial charge in [-0.25, -0.2) is 0 Å². The van der Waals surface area contributed by atoms with Gasteiger partial charge in [0.1, 0.15) is 13.2 Å². The summed E-state index contributed by atoms with van der Waals surface area (Å²) in [6.07, 6.45) is 34.9. The summed E-state index contributed by atoms with van der Waals surface area (Å²) in [5.74, 6) is -0.176. The number of nitrogens with one attached hydrogen (secondary N) is 1. The van der Waals surface area contributed by atoms with Gasteiger partial charge in [-0.1, -0.05) is 161 Å². The Morgan fingerprint density at radius 2 is 1.14 bits per heavy atom. The van der Waals surface area contributed by atoms with Crippen LogP contribution in [0.3, 0.4) is 0 Å². The molecule has 0 aliphatic rings. The molecule has 3 unspecified atom stereocenters. The van der Waals surface area contributed by atoms with Crippen molar-refractivity contribution in [3.8, 4) is 0 Å². The zero-order valence-electron chi connectivity index (χ0n) is 32.9. The van der Waals surface area contributed by atoms with Gasteiger partial charge in [0.05, 0.1) is 39.9 Å². The van der Waals surface area contributed by atoms with Crippen LogP contribution in [0.5, 0.6) is 0 Å². The molecule has 0 aromatic heterocycles. The largest absolute Gasteiger partial charge is 0.756 e. The molecule has 0 saturated heterocycles. The van der Waals surface area contributed by atoms with Crippen molar-refractivity contribution in [3.05, 3.63) is 12.2 Å². The van der Waals surface area contributed by atoms with E-state index in [0.29, 0.717) is 23.9 Å². The Hall–Kier alpha value is -0.760. The monoisotopic (exact) mass is 717 g/mol. The zero-order valence-corrected chi connectivity index (χ0v) is 33.8. The average Bonchev–Trinajstić information content (AvgIpc) is 3.04. The molecule has 0 fully saturated rings. The van der Waals surface area contributed by atoms with Crippen molar-refractivity contribution >= 4 is 13.7 Å². The number of phosphoric acid groups is 1. The topological polar surface area (TPSA) is 108 Å². The SMILES string of the molecule is CCCC/C=C\CCCCCCCC(=O)NC(COP(=O)([O-])OCC[N+](C)(C)C)C(O)CCCCCCCCCCCCCCCCCC. The van der Waals surface area contributed by atoms with Crippen LogP contribution in [0.25, 0.3) is 0 Å². The maximum absolute atomic E-state index is 12.8. The van der Waals surface area contributed by atoms with Crippen molar-refractivity contribution in [3.63, 3.8) is 0 Å². The molecule has 1 amide bonds. The number of allylic oxidation sites excluding steroid dienone is 2. The number of aliphatic hydroxyl groups excluding tert-OH is 1. The molecule has 0 aromatic rings. The number of phosphoric ester groups is 1. The molecule has 0 heterocycles. The van der Waals surface area contributed by atoms with Gasteiger partial charge in [-0.2, -0.15) is 0 Å². The van der Waals surface area contributed by atoms with Crippen molar-refractivity contribution in [2.75, 3.05) is 40.9 Å². The highest BCUT2D eigenvalue weighted by Gasteiger charge is 2.24. The van der Waals surface area contributed by atoms with E-state index < -0.39 is 20.0 Å². The standard InChI is InChI=1S/C40H81N2O6P/c1-6-8-10-12-14-16-18-19-20-21-22-24-25-27-29-31-33-39(43)38(37-48-49(45,46)47-36-35-42(3,4)5)41-40(44)34-32-30-28-26-23-17-15-13-11-9-7-2/h13,15,38-39,43H,6-12,14,16-37H2,1-5H3,(H-,41,44,45,46)/b15-13-. The summed E-state index contributed by atoms with van der Waals surface area (Å²) >= 11 is 0. The van der Waals surface area contributed by atoms with Crippen LogP contribution in [0.15, 0.2) is 12.2 Å². The van der Waals surface area contributed by atoms with Gasteiger partial charge >= 0.3 is 0 Å². The zero-order chi connectivity index (χ0) is 36.5. The summed E-state index contributed by atoms with van der Waals surface area (Å²) in [5, 5.41) is 13.8. The van der Waals surface area contributed by atoms with Crippen LogP contribution in [0.1, 0.15) is 187 Å². The van der Waals surface area contributed by atoms with Gasteiger partial charge in [-0.05, 0) is 32.1 Å². The second-order valence-electron chi connectivity index (χ2n) is 15.3. The third-order valence-corrected chi connectivity index (χ3v) is 10.2. The normalized spacial score (nSPS) is 14.7. The van der Waals surface area contributed by atoms with Crippen LogP contribution in [0.2, 0.25) is 0 Å². The van der Waals surface area contributed by atoms with Crippen molar-refractivity contribution in [2.24, 2.45) is 0 Å². The minimum Gasteiger partial charge on any atom is -0.756 e. The highest BCUT2D eigenvalue weighted by Crippen LogP contribution is 2.38. The molecule has 49 heavy (non-hydrogen) atoms. The van der Waals surface area contributed by atoms with Gasteiger partial charge < -0.3 is 28.8 Å². The Balaban J connectivity index is 4.40. The minimum absolute atomic E-state index is 0.0121. The van der Waals surface area contributed by atoms with Crippen LogP contribution in [-0.4, -0.2) is 68.5 Å². The summed E-state index contributed by atoms with van der Waals surface area (Å²) in [4.78, 5) is 25.2. The van der Waals surface area contributed by atoms with Crippen molar-refractivity contribution in [2.45, 2.75) is 199 Å². The number of quaternary nitrogens is 1. The fourth-order valence-electron chi connectivity index (χ4n) is 5.90. The van der Waals surface area contributed by atoms with Crippen LogP contribution >= 0.6 is 7.82 Å². The minimum atomic E-state index is -4.55. The molecule has 292 valence electrons. The van der Waals surface area contributed by atoms with Gasteiger partial charge in [0.25, 0.3) is 7.82 Å². The Morgan fingerprint density at radius 3 is 1.65 bits per heavy atom. The lowest BCUT2D eigenvalue weighted by molar-refractivity contribution is -0.870. The molecule has 9 heteroatoms. The fourth-order valence-corrected chi connectivity index (χ4v) is 6.62. The third kappa shape index (κ3) is 35.4. The summed E-state index contributed by atoms with van der Waals surface area (Å²) in [6, 6.07) is -0.799. The predicted octanol–water partition coefficient (Wildman–Crippen LogP) is 10.2. The molecule has 0 aliphatic carbocycles. The van der Waals surface area contributed by atoms with Crippen LogP contribution < -0.4 is 10.2 Å². The number of carbonyl (C=O) groups is 1. The number of likely N-dealkylation sites (N-methyl/N-ethyl adjacent to an activating group) is 1. The summed E-state index contributed by atoms with van der Waals surface area (Å²) in [5.41, 5.74) is 0. The Bertz CT molecular complexity index is 819. The fraction of sp³-hybridized carbons (Fsp3) is 0.925. The lowest BCUT2D eigenvalue weighted by atomic mass is 10.0. The molecule has 2 N–H and O–H groups in total. The van der Waals surface area contributed by atoms with E-state index in [1.165, 1.54) is 109 Å². The average molecular weight is 717 g/mol. The van der Waals surface area contributed by atoms with E-state index in [1.54, 1.807) is 0 Å². The first-order valence-electron chi connectivity index (χ1n) is 20.5. The van der Waals surface area contributed by atoms with Crippen molar-refractivity contribution in [1.82, 2.24) is 5.32 Å². The van der Waals surface area contributed by atoms with Crippen LogP contribution in [0.4, 0.5) is 0 Å². The molecule has 0 aromatic carbocycles. The highest BCUT2D eigenvalue weighted by molar-refractivity contribution is 7.45. The number of aliphatic hydroxyl groups is 1. The van der Waals surface area contributed by atoms with E-state index in [9.17, 15) is 19.4 Å². The Labute approximate surface area is 303 Å². The summed E-state index contributed by atoms with van der Waals surface area (Å²) in [6.45, 7) is 4.67. The molecule has 0 rings (SSSR count). The molecular formula is C40H81N2O6P. The second-order valence-corrected chi connectivity index (χ2v) is 16.8. The van der Waals surface area contributed by atoms with Crippen LogP contribution in [0, 0.1) is 0 Å². The smallest absolute Gasteiger partial charge is 0.268 e. The molecule has 0 spiro atoms. The van der Waals surface area contributed by atoms with Gasteiger partial charge in [0, 0.05) is 6.42 Å². The lowest BCUT2D eigenvalue weighted by Gasteiger charge is -2.30. The molecular weight excluding hydrogens is 635 g/mol. The van der Waals surface area contributed by atoms with Crippen molar-refractivity contribution < 1.29 is 32.9 Å². The van der Waals surface area contributed by atoms with Crippen LogP contribution in [-0.2, 0) is 18.4 Å². The second kappa shape index (κ2) is 33.1. The number of hydrogen-bond acceptors (Lipinski definition) is 6. The lowest BCUT2D eigenvalue weighted by Crippen LogP contribution is -2.46. The first kappa shape index (κ1) is 48.2. The number of rotatable bonds is 37. The molecule has 8 nitrogen and oxygen atoms in total.